The summed E-state index contributed by atoms with van der Waals surface area (Å²) in [5, 5.41) is 0. The van der Waals surface area contributed by atoms with E-state index in [0.717, 1.165) is 11.3 Å². The first-order valence-corrected chi connectivity index (χ1v) is 7.24. The van der Waals surface area contributed by atoms with E-state index in [9.17, 15) is 0 Å². The van der Waals surface area contributed by atoms with Crippen LogP contribution >= 0.6 is 15.9 Å². The van der Waals surface area contributed by atoms with Gasteiger partial charge in [0.05, 0.1) is 7.11 Å². The molecule has 0 saturated heterocycles. The van der Waals surface area contributed by atoms with Crippen molar-refractivity contribution < 1.29 is 9.47 Å². The van der Waals surface area contributed by atoms with Crippen molar-refractivity contribution in [3.05, 3.63) is 34.6 Å². The number of hydrogen-bond donors (Lipinski definition) is 1. The summed E-state index contributed by atoms with van der Waals surface area (Å²) >= 11 is 3.34. The predicted octanol–water partition coefficient (Wildman–Crippen LogP) is 3.92. The highest BCUT2D eigenvalue weighted by atomic mass is 79.9. The summed E-state index contributed by atoms with van der Waals surface area (Å²) in [6.45, 7) is 6.33. The average Bonchev–Trinajstić information content (AvgIpc) is 2.43. The van der Waals surface area contributed by atoms with Crippen LogP contribution in [0.5, 0.6) is 17.4 Å². The minimum absolute atomic E-state index is 0.102. The first-order chi connectivity index (χ1) is 9.82. The van der Waals surface area contributed by atoms with Crippen LogP contribution in [0.1, 0.15) is 26.3 Å². The van der Waals surface area contributed by atoms with Crippen LogP contribution in [-0.2, 0) is 5.41 Å². The molecule has 0 saturated carbocycles. The van der Waals surface area contributed by atoms with Crippen molar-refractivity contribution in [2.45, 2.75) is 26.2 Å². The molecule has 2 rings (SSSR count). The molecule has 0 aliphatic carbocycles. The summed E-state index contributed by atoms with van der Waals surface area (Å²) in [5.74, 6) is 2.22. The van der Waals surface area contributed by atoms with Gasteiger partial charge in [-0.3, -0.25) is 0 Å². The second-order valence-electron chi connectivity index (χ2n) is 5.59. The number of hydrogen-bond acceptors (Lipinski definition) is 5. The van der Waals surface area contributed by atoms with E-state index >= 15 is 0 Å². The third kappa shape index (κ3) is 3.44. The van der Waals surface area contributed by atoms with E-state index in [1.54, 1.807) is 7.11 Å². The van der Waals surface area contributed by atoms with Gasteiger partial charge in [-0.05, 0) is 39.5 Å². The molecule has 0 spiro atoms. The number of ether oxygens (including phenoxy) is 2. The molecule has 0 aliphatic heterocycles. The van der Waals surface area contributed by atoms with Gasteiger partial charge in [0.1, 0.15) is 28.1 Å². The predicted molar refractivity (Wildman–Crippen MR) is 85.9 cm³/mol. The van der Waals surface area contributed by atoms with Gasteiger partial charge in [0, 0.05) is 5.56 Å². The van der Waals surface area contributed by atoms with Gasteiger partial charge in [-0.1, -0.05) is 20.8 Å². The van der Waals surface area contributed by atoms with Crippen molar-refractivity contribution in [2.24, 2.45) is 0 Å². The van der Waals surface area contributed by atoms with Gasteiger partial charge in [0.15, 0.2) is 0 Å². The zero-order chi connectivity index (χ0) is 15.6. The van der Waals surface area contributed by atoms with Gasteiger partial charge in [0.25, 0.3) is 0 Å². The van der Waals surface area contributed by atoms with Crippen molar-refractivity contribution in [1.29, 1.82) is 0 Å². The number of benzene rings is 1. The summed E-state index contributed by atoms with van der Waals surface area (Å²) in [6.07, 6.45) is 1.37. The number of nitrogen functional groups attached to an aromatic ring is 1. The van der Waals surface area contributed by atoms with Crippen LogP contribution in [0.15, 0.2) is 29.0 Å². The van der Waals surface area contributed by atoms with Crippen LogP contribution < -0.4 is 15.2 Å². The van der Waals surface area contributed by atoms with Crippen LogP contribution in [0.25, 0.3) is 0 Å². The van der Waals surface area contributed by atoms with Crippen molar-refractivity contribution >= 4 is 21.7 Å². The Morgan fingerprint density at radius 2 is 1.90 bits per heavy atom. The maximum absolute atomic E-state index is 5.91. The summed E-state index contributed by atoms with van der Waals surface area (Å²) in [4.78, 5) is 8.01. The van der Waals surface area contributed by atoms with Gasteiger partial charge in [0.2, 0.25) is 5.88 Å². The Hall–Kier alpha value is -1.82. The molecule has 1 aromatic heterocycles. The second kappa shape index (κ2) is 5.89. The lowest BCUT2D eigenvalue weighted by molar-refractivity contribution is 0.404. The van der Waals surface area contributed by atoms with E-state index in [1.165, 1.54) is 6.33 Å². The minimum atomic E-state index is -0.102. The third-order valence-corrected chi connectivity index (χ3v) is 3.73. The van der Waals surface area contributed by atoms with Crippen LogP contribution in [0.3, 0.4) is 0 Å². The van der Waals surface area contributed by atoms with Crippen molar-refractivity contribution in [3.8, 4) is 17.4 Å². The van der Waals surface area contributed by atoms with Crippen molar-refractivity contribution in [3.63, 3.8) is 0 Å². The van der Waals surface area contributed by atoms with E-state index < -0.39 is 0 Å². The zero-order valence-electron chi connectivity index (χ0n) is 12.5. The van der Waals surface area contributed by atoms with Crippen LogP contribution in [-0.4, -0.2) is 17.1 Å². The molecule has 0 unspecified atom stereocenters. The maximum atomic E-state index is 5.91. The molecule has 0 amide bonds. The maximum Gasteiger partial charge on any atom is 0.238 e. The third-order valence-electron chi connectivity index (χ3n) is 2.99. The van der Waals surface area contributed by atoms with Gasteiger partial charge in [-0.15, -0.1) is 0 Å². The SMILES string of the molecule is COc1ccc(Oc2ncnc(N)c2Br)c(C(C)(C)C)c1. The molecule has 0 radical (unpaired) electrons. The number of methoxy groups -OCH3 is 1. The fourth-order valence-electron chi connectivity index (χ4n) is 1.85. The summed E-state index contributed by atoms with van der Waals surface area (Å²) < 4.78 is 11.7. The number of halogens is 1. The standard InChI is InChI=1S/C15H18BrN3O2/c1-15(2,3)10-7-9(20-4)5-6-11(10)21-14-12(16)13(17)18-8-19-14/h5-8H,1-4H3,(H2,17,18,19). The molecule has 2 N–H and O–H groups in total. The fraction of sp³-hybridized carbons (Fsp3) is 0.333. The van der Waals surface area contributed by atoms with Crippen LogP contribution in [0.2, 0.25) is 0 Å². The van der Waals surface area contributed by atoms with Gasteiger partial charge in [-0.2, -0.15) is 0 Å². The number of anilines is 1. The Balaban J connectivity index is 2.46. The highest BCUT2D eigenvalue weighted by molar-refractivity contribution is 9.10. The fourth-order valence-corrected chi connectivity index (χ4v) is 2.14. The van der Waals surface area contributed by atoms with Crippen LogP contribution in [0, 0.1) is 0 Å². The first-order valence-electron chi connectivity index (χ1n) is 6.45. The van der Waals surface area contributed by atoms with Crippen molar-refractivity contribution in [1.82, 2.24) is 9.97 Å². The number of nitrogens with two attached hydrogens (primary N) is 1. The average molecular weight is 352 g/mol. The molecule has 2 aromatic rings. The number of nitrogens with zero attached hydrogens (tertiary/aromatic N) is 2. The second-order valence-corrected chi connectivity index (χ2v) is 6.39. The van der Waals surface area contributed by atoms with Gasteiger partial charge in [-0.25, -0.2) is 9.97 Å². The molecule has 5 nitrogen and oxygen atoms in total. The van der Waals surface area contributed by atoms with Gasteiger partial charge < -0.3 is 15.2 Å². The van der Waals surface area contributed by atoms with Crippen LogP contribution in [0.4, 0.5) is 5.82 Å². The Morgan fingerprint density at radius 3 is 2.52 bits per heavy atom. The molecule has 0 bridgehead atoms. The monoisotopic (exact) mass is 351 g/mol. The number of aromatic nitrogens is 2. The van der Waals surface area contributed by atoms with Crippen molar-refractivity contribution in [2.75, 3.05) is 12.8 Å². The first kappa shape index (κ1) is 15.6. The molecule has 0 aliphatic rings. The lowest BCUT2D eigenvalue weighted by Crippen LogP contribution is -2.13. The topological polar surface area (TPSA) is 70.3 Å². The van der Waals surface area contributed by atoms with E-state index in [2.05, 4.69) is 46.7 Å². The molecule has 0 fully saturated rings. The molecule has 1 heterocycles. The lowest BCUT2D eigenvalue weighted by atomic mass is 9.86. The summed E-state index contributed by atoms with van der Waals surface area (Å²) in [5.41, 5.74) is 6.66. The summed E-state index contributed by atoms with van der Waals surface area (Å²) in [7, 11) is 1.64. The molecule has 21 heavy (non-hydrogen) atoms. The quantitative estimate of drug-likeness (QED) is 0.907. The van der Waals surface area contributed by atoms with E-state index in [0.29, 0.717) is 21.9 Å². The highest BCUT2D eigenvalue weighted by Gasteiger charge is 2.21. The molecule has 112 valence electrons. The highest BCUT2D eigenvalue weighted by Crippen LogP contribution is 2.38. The minimum Gasteiger partial charge on any atom is -0.497 e. The van der Waals surface area contributed by atoms with Gasteiger partial charge >= 0.3 is 0 Å². The Bertz CT molecular complexity index is 654. The smallest absolute Gasteiger partial charge is 0.238 e. The molecular weight excluding hydrogens is 334 g/mol. The zero-order valence-corrected chi connectivity index (χ0v) is 14.1. The number of rotatable bonds is 3. The van der Waals surface area contributed by atoms with E-state index in [-0.39, 0.29) is 5.41 Å². The molecule has 6 heteroatoms. The Labute approximate surface area is 132 Å². The summed E-state index contributed by atoms with van der Waals surface area (Å²) in [6, 6.07) is 5.68. The Kier molecular flexibility index (Phi) is 4.37. The Morgan fingerprint density at radius 1 is 1.19 bits per heavy atom. The molecule has 1 aromatic carbocycles. The lowest BCUT2D eigenvalue weighted by Gasteiger charge is -2.23. The van der Waals surface area contributed by atoms with E-state index in [4.69, 9.17) is 15.2 Å². The van der Waals surface area contributed by atoms with E-state index in [1.807, 2.05) is 18.2 Å². The normalized spacial score (nSPS) is 11.3. The molecular formula is C15H18BrN3O2. The largest absolute Gasteiger partial charge is 0.497 e. The molecule has 0 atom stereocenters.